The number of ether oxygens (including phenoxy) is 2. The molecule has 0 bridgehead atoms. The van der Waals surface area contributed by atoms with Crippen molar-refractivity contribution in [1.82, 2.24) is 4.90 Å². The number of sulfonamides is 1. The van der Waals surface area contributed by atoms with Crippen LogP contribution in [0.25, 0.3) is 0 Å². The lowest BCUT2D eigenvalue weighted by molar-refractivity contribution is -0.134. The van der Waals surface area contributed by atoms with Gasteiger partial charge in [0.1, 0.15) is 0 Å². The number of thioether (sulfide) groups is 1. The molecule has 1 fully saturated rings. The first kappa shape index (κ1) is 21.8. The number of hydrogen-bond acceptors (Lipinski definition) is 8. The summed E-state index contributed by atoms with van der Waals surface area (Å²) in [5.41, 5.74) is 0.460. The molecule has 1 aliphatic heterocycles. The van der Waals surface area contributed by atoms with Gasteiger partial charge in [0.05, 0.1) is 42.4 Å². The number of hydrogen-bond donors (Lipinski definition) is 1. The minimum atomic E-state index is -3.45. The Morgan fingerprint density at radius 1 is 1.36 bits per heavy atom. The molecule has 0 aromatic heterocycles. The Hall–Kier alpha value is -2.53. The summed E-state index contributed by atoms with van der Waals surface area (Å²) in [6.45, 7) is 0.347. The van der Waals surface area contributed by atoms with Gasteiger partial charge in [0.25, 0.3) is 0 Å². The topological polar surface area (TPSA) is 119 Å². The molecule has 2 rings (SSSR count). The van der Waals surface area contributed by atoms with Crippen LogP contribution in [0.2, 0.25) is 0 Å². The molecule has 152 valence electrons. The fourth-order valence-corrected chi connectivity index (χ4v) is 3.83. The first-order chi connectivity index (χ1) is 13.2. The van der Waals surface area contributed by atoms with Crippen LogP contribution in [0.1, 0.15) is 16.8 Å². The number of carbonyl (C=O) groups excluding carboxylic acids is 3. The van der Waals surface area contributed by atoms with Crippen molar-refractivity contribution in [1.29, 1.82) is 0 Å². The van der Waals surface area contributed by atoms with E-state index < -0.39 is 22.0 Å². The summed E-state index contributed by atoms with van der Waals surface area (Å²) in [6.07, 6.45) is 2.64. The van der Waals surface area contributed by atoms with Gasteiger partial charge in [-0.2, -0.15) is 0 Å². The van der Waals surface area contributed by atoms with Crippen LogP contribution in [0.3, 0.4) is 0 Å². The normalized spacial score (nSPS) is 15.6. The van der Waals surface area contributed by atoms with Crippen molar-refractivity contribution in [2.24, 2.45) is 0 Å². The molecule has 1 aromatic carbocycles. The third-order valence-corrected chi connectivity index (χ3v) is 5.15. The predicted molar refractivity (Wildman–Crippen MR) is 104 cm³/mol. The molecule has 0 radical (unpaired) electrons. The molecule has 0 aliphatic carbocycles. The molecule has 1 aliphatic rings. The number of nitrogens with zero attached hydrogens (tertiary/aromatic N) is 1. The van der Waals surface area contributed by atoms with Crippen LogP contribution in [0.4, 0.5) is 5.69 Å². The lowest BCUT2D eigenvalue weighted by Crippen LogP contribution is -2.27. The van der Waals surface area contributed by atoms with Crippen molar-refractivity contribution >= 4 is 45.3 Å². The van der Waals surface area contributed by atoms with Crippen LogP contribution in [-0.2, 0) is 29.1 Å². The Kier molecular flexibility index (Phi) is 7.46. The first-order valence-corrected chi connectivity index (χ1v) is 11.0. The first-order valence-electron chi connectivity index (χ1n) is 8.17. The molecule has 0 spiro atoms. The number of methoxy groups -OCH3 is 1. The maximum Gasteiger partial charge on any atom is 0.338 e. The minimum Gasteiger partial charge on any atom is -0.466 e. The lowest BCUT2D eigenvalue weighted by Gasteiger charge is -2.16. The van der Waals surface area contributed by atoms with Crippen molar-refractivity contribution in [3.8, 4) is 0 Å². The number of nitrogens with one attached hydrogen (secondary N) is 1. The quantitative estimate of drug-likeness (QED) is 0.373. The SMILES string of the molecule is COC(=O)/C=C1/SCC(=O)N1CCCOC(=O)c1cccc(NS(C)(=O)=O)c1. The molecule has 11 heteroatoms. The average Bonchev–Trinajstić information content (AvgIpc) is 2.97. The van der Waals surface area contributed by atoms with E-state index in [1.807, 2.05) is 0 Å². The fraction of sp³-hybridized carbons (Fsp3) is 0.353. The van der Waals surface area contributed by atoms with E-state index in [4.69, 9.17) is 4.74 Å². The van der Waals surface area contributed by atoms with Crippen molar-refractivity contribution in [3.63, 3.8) is 0 Å². The molecule has 1 N–H and O–H groups in total. The maximum atomic E-state index is 12.1. The van der Waals surface area contributed by atoms with Crippen LogP contribution < -0.4 is 4.72 Å². The molecule has 0 atom stereocenters. The third-order valence-electron chi connectivity index (χ3n) is 3.51. The van der Waals surface area contributed by atoms with E-state index >= 15 is 0 Å². The van der Waals surface area contributed by atoms with Crippen LogP contribution in [0.15, 0.2) is 35.4 Å². The number of anilines is 1. The zero-order valence-electron chi connectivity index (χ0n) is 15.3. The minimum absolute atomic E-state index is 0.0581. The molecular weight excluding hydrogens is 408 g/mol. The molecule has 0 saturated carbocycles. The van der Waals surface area contributed by atoms with E-state index in [0.717, 1.165) is 6.26 Å². The summed E-state index contributed by atoms with van der Waals surface area (Å²) in [5, 5.41) is 0.503. The summed E-state index contributed by atoms with van der Waals surface area (Å²) in [4.78, 5) is 36.8. The molecule has 1 amide bonds. The highest BCUT2D eigenvalue weighted by atomic mass is 32.2. The highest BCUT2D eigenvalue weighted by molar-refractivity contribution is 8.04. The van der Waals surface area contributed by atoms with Crippen molar-refractivity contribution in [2.45, 2.75) is 6.42 Å². The van der Waals surface area contributed by atoms with Crippen molar-refractivity contribution in [3.05, 3.63) is 40.9 Å². The van der Waals surface area contributed by atoms with E-state index in [1.165, 1.54) is 54.1 Å². The van der Waals surface area contributed by atoms with Gasteiger partial charge in [0.15, 0.2) is 0 Å². The van der Waals surface area contributed by atoms with Gasteiger partial charge in [0.2, 0.25) is 15.9 Å². The lowest BCUT2D eigenvalue weighted by atomic mass is 10.2. The van der Waals surface area contributed by atoms with E-state index in [9.17, 15) is 22.8 Å². The molecule has 1 aromatic rings. The number of benzene rings is 1. The van der Waals surface area contributed by atoms with Crippen LogP contribution in [0, 0.1) is 0 Å². The van der Waals surface area contributed by atoms with Crippen LogP contribution in [0.5, 0.6) is 0 Å². The molecule has 1 heterocycles. The molecule has 1 saturated heterocycles. The predicted octanol–water partition coefficient (Wildman–Crippen LogP) is 1.19. The van der Waals surface area contributed by atoms with Gasteiger partial charge in [-0.1, -0.05) is 17.8 Å². The summed E-state index contributed by atoms with van der Waals surface area (Å²) < 4.78 is 34.5. The van der Waals surface area contributed by atoms with Gasteiger partial charge in [-0.25, -0.2) is 18.0 Å². The van der Waals surface area contributed by atoms with Gasteiger partial charge in [-0.05, 0) is 24.6 Å². The summed E-state index contributed by atoms with van der Waals surface area (Å²) in [7, 11) is -2.20. The largest absolute Gasteiger partial charge is 0.466 e. The van der Waals surface area contributed by atoms with Crippen molar-refractivity contribution in [2.75, 3.05) is 37.0 Å². The van der Waals surface area contributed by atoms with Gasteiger partial charge in [-0.15, -0.1) is 0 Å². The van der Waals surface area contributed by atoms with Gasteiger partial charge < -0.3 is 14.4 Å². The van der Waals surface area contributed by atoms with Crippen LogP contribution >= 0.6 is 11.8 Å². The van der Waals surface area contributed by atoms with E-state index in [2.05, 4.69) is 9.46 Å². The zero-order chi connectivity index (χ0) is 20.7. The number of rotatable bonds is 8. The summed E-state index contributed by atoms with van der Waals surface area (Å²) in [5.74, 6) is -1.05. The summed E-state index contributed by atoms with van der Waals surface area (Å²) in [6, 6.07) is 5.94. The Balaban J connectivity index is 1.87. The highest BCUT2D eigenvalue weighted by Crippen LogP contribution is 2.28. The highest BCUT2D eigenvalue weighted by Gasteiger charge is 2.27. The zero-order valence-corrected chi connectivity index (χ0v) is 17.0. The molecule has 28 heavy (non-hydrogen) atoms. The second kappa shape index (κ2) is 9.60. The monoisotopic (exact) mass is 428 g/mol. The molecule has 9 nitrogen and oxygen atoms in total. The third kappa shape index (κ3) is 6.57. The Labute approximate surface area is 167 Å². The number of carbonyl (C=O) groups is 3. The molecule has 0 unspecified atom stereocenters. The second-order valence-corrected chi connectivity index (χ2v) is 8.53. The fourth-order valence-electron chi connectivity index (χ4n) is 2.32. The van der Waals surface area contributed by atoms with Crippen LogP contribution in [-0.4, -0.2) is 63.4 Å². The van der Waals surface area contributed by atoms with Gasteiger partial charge in [0, 0.05) is 12.2 Å². The summed E-state index contributed by atoms with van der Waals surface area (Å²) >= 11 is 1.24. The average molecular weight is 428 g/mol. The van der Waals surface area contributed by atoms with E-state index in [1.54, 1.807) is 0 Å². The molecular formula is C17H20N2O7S2. The second-order valence-electron chi connectivity index (χ2n) is 5.78. The number of esters is 2. The van der Waals surface area contributed by atoms with Gasteiger partial charge in [-0.3, -0.25) is 9.52 Å². The van der Waals surface area contributed by atoms with Crippen molar-refractivity contribution < 1.29 is 32.3 Å². The Morgan fingerprint density at radius 2 is 2.11 bits per heavy atom. The maximum absolute atomic E-state index is 12.1. The Bertz CT molecular complexity index is 897. The Morgan fingerprint density at radius 3 is 2.79 bits per heavy atom. The van der Waals surface area contributed by atoms with E-state index in [-0.39, 0.29) is 36.1 Å². The smallest absolute Gasteiger partial charge is 0.338 e. The standard InChI is InChI=1S/C17H20N2O7S2/c1-25-16(21)10-15-19(14(20)11-27-15)7-4-8-26-17(22)12-5-3-6-13(9-12)18-28(2,23)24/h3,5-6,9-10,18H,4,7-8,11H2,1-2H3/b15-10+. The number of amides is 1. The van der Waals surface area contributed by atoms with E-state index in [0.29, 0.717) is 11.4 Å². The van der Waals surface area contributed by atoms with Gasteiger partial charge >= 0.3 is 11.9 Å².